The summed E-state index contributed by atoms with van der Waals surface area (Å²) in [5, 5.41) is 5.88. The van der Waals surface area contributed by atoms with E-state index in [2.05, 4.69) is 96.8 Å². The van der Waals surface area contributed by atoms with Crippen LogP contribution in [-0.2, 0) is 0 Å². The first kappa shape index (κ1) is 20.6. The molecule has 0 saturated heterocycles. The van der Waals surface area contributed by atoms with Crippen molar-refractivity contribution < 1.29 is 24.0 Å². The van der Waals surface area contributed by atoms with E-state index in [9.17, 15) is 0 Å². The first-order valence-corrected chi connectivity index (χ1v) is 13.3. The largest absolute Gasteiger partial charge is 1.00 e. The number of hydrogen-bond donors (Lipinski definition) is 0. The summed E-state index contributed by atoms with van der Waals surface area (Å²) >= 11 is 0.750. The van der Waals surface area contributed by atoms with Crippen LogP contribution in [0.1, 0.15) is 6.42 Å². The van der Waals surface area contributed by atoms with Crippen molar-refractivity contribution >= 4 is 38.1 Å². The third kappa shape index (κ3) is 4.74. The zero-order chi connectivity index (χ0) is 16.7. The van der Waals surface area contributed by atoms with Crippen molar-refractivity contribution in [2.24, 2.45) is 0 Å². The fraction of sp³-hybridized carbons (Fsp3) is 0.182. The van der Waals surface area contributed by atoms with Crippen LogP contribution in [0, 0.1) is 0 Å². The van der Waals surface area contributed by atoms with E-state index in [0.29, 0.717) is 0 Å². The Bertz CT molecular complexity index is 635. The normalized spacial score (nSPS) is 10.9. The molecular weight excluding hydrogens is 501 g/mol. The van der Waals surface area contributed by atoms with Crippen molar-refractivity contribution in [2.75, 3.05) is 6.16 Å². The smallest absolute Gasteiger partial charge is 1.00 e. The Labute approximate surface area is 176 Å². The molecule has 0 saturated carbocycles. The Hall–Kier alpha value is -0.661. The van der Waals surface area contributed by atoms with Gasteiger partial charge in [-0.15, -0.1) is 0 Å². The summed E-state index contributed by atoms with van der Waals surface area (Å²) in [6, 6.07) is 33.6. The van der Waals surface area contributed by atoms with Gasteiger partial charge in [0.1, 0.15) is 0 Å². The minimum absolute atomic E-state index is 0. The summed E-state index contributed by atoms with van der Waals surface area (Å²) in [5.41, 5.74) is 0. The Morgan fingerprint density at radius 3 is 1.32 bits per heavy atom. The van der Waals surface area contributed by atoms with Crippen molar-refractivity contribution in [3.05, 3.63) is 91.0 Å². The molecule has 0 spiro atoms. The van der Waals surface area contributed by atoms with Crippen molar-refractivity contribution in [1.82, 2.24) is 0 Å². The quantitative estimate of drug-likeness (QED) is 0.190. The van der Waals surface area contributed by atoms with Gasteiger partial charge in [-0.05, 0) is 0 Å². The molecular formula is C22H24IPSe. The number of benzene rings is 3. The van der Waals surface area contributed by atoms with E-state index in [0.717, 1.165) is 15.0 Å². The SMILES string of the molecule is C[Se]CCC[P+](c1ccccc1)(c1ccccc1)c1ccccc1.[I-]. The van der Waals surface area contributed by atoms with Gasteiger partial charge in [-0.2, -0.15) is 0 Å². The van der Waals surface area contributed by atoms with Gasteiger partial charge in [0.05, 0.1) is 0 Å². The molecule has 0 heterocycles. The van der Waals surface area contributed by atoms with Crippen LogP contribution in [0.3, 0.4) is 0 Å². The molecule has 0 fully saturated rings. The standard InChI is InChI=1S/C22H24PSe.HI/c1-24-19-11-18-23(20-12-5-2-6-13-20,21-14-7-3-8-15-21)22-16-9-4-10-17-22;/h2-10,12-17H,11,18-19H2,1H3;1H/q+1;/p-1. The molecule has 0 amide bonds. The van der Waals surface area contributed by atoms with Crippen molar-refractivity contribution in [3.8, 4) is 0 Å². The van der Waals surface area contributed by atoms with E-state index in [-0.39, 0.29) is 24.0 Å². The minimum atomic E-state index is -1.57. The first-order chi connectivity index (χ1) is 11.9. The maximum absolute atomic E-state index is 2.35. The monoisotopic (exact) mass is 526 g/mol. The van der Waals surface area contributed by atoms with E-state index >= 15 is 0 Å². The van der Waals surface area contributed by atoms with Gasteiger partial charge >= 0.3 is 153 Å². The van der Waals surface area contributed by atoms with E-state index in [1.807, 2.05) is 0 Å². The second-order valence-corrected chi connectivity index (χ2v) is 11.6. The third-order valence-electron chi connectivity index (χ3n) is 4.43. The van der Waals surface area contributed by atoms with Crippen LogP contribution in [0.4, 0.5) is 0 Å². The predicted molar refractivity (Wildman–Crippen MR) is 111 cm³/mol. The van der Waals surface area contributed by atoms with Crippen LogP contribution in [-0.4, -0.2) is 21.1 Å². The summed E-state index contributed by atoms with van der Waals surface area (Å²) in [5.74, 6) is 2.35. The molecule has 0 aliphatic heterocycles. The van der Waals surface area contributed by atoms with Gasteiger partial charge in [-0.1, -0.05) is 0 Å². The summed E-state index contributed by atoms with van der Waals surface area (Å²) < 4.78 is 0. The number of rotatable bonds is 7. The average Bonchev–Trinajstić information content (AvgIpc) is 2.68. The second-order valence-electron chi connectivity index (χ2n) is 5.89. The summed E-state index contributed by atoms with van der Waals surface area (Å²) in [6.07, 6.45) is 2.57. The minimum Gasteiger partial charge on any atom is -1.00 e. The maximum Gasteiger partial charge on any atom is -1.00 e. The summed E-state index contributed by atoms with van der Waals surface area (Å²) in [4.78, 5) is 0. The first-order valence-electron chi connectivity index (χ1n) is 8.42. The topological polar surface area (TPSA) is 0 Å². The Kier molecular flexibility index (Phi) is 8.66. The van der Waals surface area contributed by atoms with Crippen molar-refractivity contribution in [2.45, 2.75) is 17.6 Å². The van der Waals surface area contributed by atoms with Crippen LogP contribution in [0.15, 0.2) is 91.0 Å². The molecule has 25 heavy (non-hydrogen) atoms. The average molecular weight is 525 g/mol. The fourth-order valence-corrected chi connectivity index (χ4v) is 9.06. The van der Waals surface area contributed by atoms with Gasteiger partial charge < -0.3 is 24.0 Å². The Morgan fingerprint density at radius 2 is 1.00 bits per heavy atom. The molecule has 0 unspecified atom stereocenters. The molecule has 0 N–H and O–H groups in total. The molecule has 0 aromatic heterocycles. The van der Waals surface area contributed by atoms with E-state index in [4.69, 9.17) is 0 Å². The molecule has 0 radical (unpaired) electrons. The maximum atomic E-state index is 2.35. The number of halogens is 1. The van der Waals surface area contributed by atoms with Gasteiger partial charge in [0.15, 0.2) is 0 Å². The zero-order valence-electron chi connectivity index (χ0n) is 14.5. The van der Waals surface area contributed by atoms with Gasteiger partial charge in [-0.25, -0.2) is 0 Å². The van der Waals surface area contributed by atoms with Crippen LogP contribution in [0.2, 0.25) is 11.1 Å². The third-order valence-corrected chi connectivity index (χ3v) is 10.4. The Morgan fingerprint density at radius 1 is 0.640 bits per heavy atom. The van der Waals surface area contributed by atoms with E-state index in [1.165, 1.54) is 33.8 Å². The molecule has 0 aliphatic rings. The van der Waals surface area contributed by atoms with Crippen LogP contribution < -0.4 is 39.9 Å². The molecule has 130 valence electrons. The molecule has 3 heteroatoms. The van der Waals surface area contributed by atoms with Gasteiger partial charge in [0.2, 0.25) is 0 Å². The van der Waals surface area contributed by atoms with Crippen LogP contribution in [0.25, 0.3) is 0 Å². The zero-order valence-corrected chi connectivity index (χ0v) is 19.3. The van der Waals surface area contributed by atoms with E-state index in [1.54, 1.807) is 0 Å². The molecule has 0 nitrogen and oxygen atoms in total. The van der Waals surface area contributed by atoms with Crippen molar-refractivity contribution in [1.29, 1.82) is 0 Å². The molecule has 0 atom stereocenters. The van der Waals surface area contributed by atoms with Crippen LogP contribution in [0.5, 0.6) is 0 Å². The summed E-state index contributed by atoms with van der Waals surface area (Å²) in [6.45, 7) is 0. The molecule has 0 bridgehead atoms. The molecule has 3 aromatic carbocycles. The van der Waals surface area contributed by atoms with Crippen molar-refractivity contribution in [3.63, 3.8) is 0 Å². The van der Waals surface area contributed by atoms with Gasteiger partial charge in [-0.3, -0.25) is 0 Å². The fourth-order valence-electron chi connectivity index (χ4n) is 3.33. The van der Waals surface area contributed by atoms with Crippen LogP contribution >= 0.6 is 7.26 Å². The molecule has 0 aliphatic carbocycles. The second kappa shape index (κ2) is 10.5. The number of hydrogen-bond acceptors (Lipinski definition) is 0. The predicted octanol–water partition coefficient (Wildman–Crippen LogP) is 1.55. The van der Waals surface area contributed by atoms with E-state index < -0.39 is 7.26 Å². The molecule has 3 rings (SSSR count). The molecule has 3 aromatic rings. The Balaban J connectivity index is 0.00000225. The van der Waals surface area contributed by atoms with Gasteiger partial charge in [0.25, 0.3) is 0 Å². The van der Waals surface area contributed by atoms with Gasteiger partial charge in [0, 0.05) is 0 Å². The summed E-state index contributed by atoms with van der Waals surface area (Å²) in [7, 11) is -1.57.